The molecule has 0 spiro atoms. The van der Waals surface area contributed by atoms with Crippen LogP contribution in [0.3, 0.4) is 0 Å². The normalized spacial score (nSPS) is 10.1. The van der Waals surface area contributed by atoms with Crippen LogP contribution >= 0.6 is 0 Å². The molecule has 0 saturated heterocycles. The Balaban J connectivity index is 3.19. The van der Waals surface area contributed by atoms with E-state index in [-0.39, 0.29) is 5.69 Å². The Hall–Kier alpha value is -1.82. The van der Waals surface area contributed by atoms with Crippen LogP contribution in [0.1, 0.15) is 5.56 Å². The van der Waals surface area contributed by atoms with Crippen LogP contribution in [0.15, 0.2) is 12.1 Å². The van der Waals surface area contributed by atoms with E-state index >= 15 is 0 Å². The van der Waals surface area contributed by atoms with Crippen molar-refractivity contribution in [2.75, 3.05) is 27.8 Å². The molecule has 1 aromatic carbocycles. The van der Waals surface area contributed by atoms with E-state index in [0.29, 0.717) is 30.0 Å². The van der Waals surface area contributed by atoms with Crippen LogP contribution < -0.4 is 14.8 Å². The minimum atomic E-state index is -0.410. The molecule has 6 nitrogen and oxygen atoms in total. The van der Waals surface area contributed by atoms with E-state index in [1.165, 1.54) is 20.3 Å². The summed E-state index contributed by atoms with van der Waals surface area (Å²) in [5, 5.41) is 13.9. The molecular formula is C11H16N2O4. The van der Waals surface area contributed by atoms with Gasteiger partial charge in [0.15, 0.2) is 11.5 Å². The molecular weight excluding hydrogens is 224 g/mol. The maximum absolute atomic E-state index is 10.9. The fraction of sp³-hybridized carbons (Fsp3) is 0.455. The second-order valence-electron chi connectivity index (χ2n) is 3.45. The number of nitro benzene ring substituents is 1. The number of methoxy groups -OCH3 is 2. The zero-order valence-corrected chi connectivity index (χ0v) is 10.1. The third-order valence-corrected chi connectivity index (χ3v) is 2.43. The molecule has 1 aromatic rings. The summed E-state index contributed by atoms with van der Waals surface area (Å²) in [6.07, 6.45) is 0.563. The van der Waals surface area contributed by atoms with Crippen LogP contribution in [0.4, 0.5) is 5.69 Å². The summed E-state index contributed by atoms with van der Waals surface area (Å²) in [5.41, 5.74) is 0.680. The van der Waals surface area contributed by atoms with Crippen molar-refractivity contribution >= 4 is 5.69 Å². The van der Waals surface area contributed by atoms with Crippen molar-refractivity contribution in [3.8, 4) is 11.5 Å². The summed E-state index contributed by atoms with van der Waals surface area (Å²) >= 11 is 0. The van der Waals surface area contributed by atoms with Crippen molar-refractivity contribution < 1.29 is 14.4 Å². The first-order valence-electron chi connectivity index (χ1n) is 5.18. The third kappa shape index (κ3) is 3.07. The molecule has 0 unspecified atom stereocenters. The molecule has 0 heterocycles. The number of nitro groups is 1. The topological polar surface area (TPSA) is 73.6 Å². The minimum absolute atomic E-state index is 0.0536. The van der Waals surface area contributed by atoms with Crippen molar-refractivity contribution in [2.24, 2.45) is 0 Å². The first-order chi connectivity index (χ1) is 8.13. The minimum Gasteiger partial charge on any atom is -0.493 e. The van der Waals surface area contributed by atoms with Gasteiger partial charge in [-0.3, -0.25) is 10.1 Å². The molecule has 0 aliphatic carbocycles. The molecule has 6 heteroatoms. The zero-order valence-electron chi connectivity index (χ0n) is 10.1. The summed E-state index contributed by atoms with van der Waals surface area (Å²) < 4.78 is 10.2. The van der Waals surface area contributed by atoms with E-state index in [1.54, 1.807) is 13.1 Å². The Morgan fingerprint density at radius 2 is 1.88 bits per heavy atom. The van der Waals surface area contributed by atoms with E-state index in [2.05, 4.69) is 5.32 Å². The number of benzene rings is 1. The second kappa shape index (κ2) is 6.05. The fourth-order valence-corrected chi connectivity index (χ4v) is 1.54. The van der Waals surface area contributed by atoms with Gasteiger partial charge in [-0.1, -0.05) is 0 Å². The van der Waals surface area contributed by atoms with Gasteiger partial charge in [-0.15, -0.1) is 0 Å². The van der Waals surface area contributed by atoms with Crippen molar-refractivity contribution in [3.63, 3.8) is 0 Å². The average molecular weight is 240 g/mol. The van der Waals surface area contributed by atoms with E-state index < -0.39 is 4.92 Å². The summed E-state index contributed by atoms with van der Waals surface area (Å²) in [6.45, 7) is 0.663. The quantitative estimate of drug-likeness (QED) is 0.600. The highest BCUT2D eigenvalue weighted by molar-refractivity contribution is 5.54. The lowest BCUT2D eigenvalue weighted by Crippen LogP contribution is -2.11. The van der Waals surface area contributed by atoms with Gasteiger partial charge in [0.05, 0.1) is 25.2 Å². The smallest absolute Gasteiger partial charge is 0.276 e. The molecule has 0 aliphatic heterocycles. The predicted molar refractivity (Wildman–Crippen MR) is 63.8 cm³/mol. The first-order valence-corrected chi connectivity index (χ1v) is 5.18. The SMILES string of the molecule is CNCCc1cc(OC)c(OC)cc1[N+](=O)[O-]. The van der Waals surface area contributed by atoms with Gasteiger partial charge in [0.1, 0.15) is 0 Å². The van der Waals surface area contributed by atoms with Crippen molar-refractivity contribution in [3.05, 3.63) is 27.8 Å². The van der Waals surface area contributed by atoms with E-state index in [1.807, 2.05) is 0 Å². The largest absolute Gasteiger partial charge is 0.493 e. The van der Waals surface area contributed by atoms with Crippen LogP contribution in [-0.4, -0.2) is 32.7 Å². The summed E-state index contributed by atoms with van der Waals surface area (Å²) in [4.78, 5) is 10.5. The molecule has 0 amide bonds. The Labute approximate surface area is 99.7 Å². The van der Waals surface area contributed by atoms with Crippen LogP contribution in [0, 0.1) is 10.1 Å². The standard InChI is InChI=1S/C11H16N2O4/c1-12-5-4-8-6-10(16-2)11(17-3)7-9(8)13(14)15/h6-7,12H,4-5H2,1-3H3. The van der Waals surface area contributed by atoms with Crippen molar-refractivity contribution in [2.45, 2.75) is 6.42 Å². The van der Waals surface area contributed by atoms with Gasteiger partial charge in [-0.25, -0.2) is 0 Å². The molecule has 0 aliphatic rings. The number of likely N-dealkylation sites (N-methyl/N-ethyl adjacent to an activating group) is 1. The Bertz CT molecular complexity index is 407. The monoisotopic (exact) mass is 240 g/mol. The van der Waals surface area contributed by atoms with Gasteiger partial charge in [-0.2, -0.15) is 0 Å². The Morgan fingerprint density at radius 3 is 2.35 bits per heavy atom. The highest BCUT2D eigenvalue weighted by Crippen LogP contribution is 2.34. The molecule has 1 N–H and O–H groups in total. The highest BCUT2D eigenvalue weighted by atomic mass is 16.6. The van der Waals surface area contributed by atoms with Gasteiger partial charge >= 0.3 is 0 Å². The van der Waals surface area contributed by atoms with Gasteiger partial charge in [-0.05, 0) is 26.1 Å². The highest BCUT2D eigenvalue weighted by Gasteiger charge is 2.18. The lowest BCUT2D eigenvalue weighted by Gasteiger charge is -2.10. The lowest BCUT2D eigenvalue weighted by molar-refractivity contribution is -0.385. The average Bonchev–Trinajstić information content (AvgIpc) is 2.34. The summed E-state index contributed by atoms with van der Waals surface area (Å²) in [5.74, 6) is 0.872. The summed E-state index contributed by atoms with van der Waals surface area (Å²) in [7, 11) is 4.76. The number of hydrogen-bond donors (Lipinski definition) is 1. The molecule has 1 rings (SSSR count). The molecule has 94 valence electrons. The van der Waals surface area contributed by atoms with Gasteiger partial charge in [0.2, 0.25) is 0 Å². The van der Waals surface area contributed by atoms with E-state index in [9.17, 15) is 10.1 Å². The molecule has 0 fully saturated rings. The third-order valence-electron chi connectivity index (χ3n) is 2.43. The number of nitrogens with zero attached hydrogens (tertiary/aromatic N) is 1. The lowest BCUT2D eigenvalue weighted by atomic mass is 10.1. The van der Waals surface area contributed by atoms with Crippen LogP contribution in [0.25, 0.3) is 0 Å². The van der Waals surface area contributed by atoms with Gasteiger partial charge in [0, 0.05) is 5.56 Å². The van der Waals surface area contributed by atoms with Crippen molar-refractivity contribution in [1.29, 1.82) is 0 Å². The van der Waals surface area contributed by atoms with Gasteiger partial charge < -0.3 is 14.8 Å². The molecule has 17 heavy (non-hydrogen) atoms. The number of nitrogens with one attached hydrogen (secondary N) is 1. The summed E-state index contributed by atoms with van der Waals surface area (Å²) in [6, 6.07) is 3.04. The maximum Gasteiger partial charge on any atom is 0.276 e. The number of ether oxygens (including phenoxy) is 2. The van der Waals surface area contributed by atoms with E-state index in [0.717, 1.165) is 0 Å². The molecule has 0 bridgehead atoms. The Kier molecular flexibility index (Phi) is 4.71. The van der Waals surface area contributed by atoms with Crippen LogP contribution in [0.2, 0.25) is 0 Å². The zero-order chi connectivity index (χ0) is 12.8. The van der Waals surface area contributed by atoms with Crippen LogP contribution in [0.5, 0.6) is 11.5 Å². The molecule has 0 saturated carbocycles. The molecule has 0 aromatic heterocycles. The number of rotatable bonds is 6. The molecule has 0 atom stereocenters. The molecule has 0 radical (unpaired) electrons. The number of hydrogen-bond acceptors (Lipinski definition) is 5. The second-order valence-corrected chi connectivity index (χ2v) is 3.45. The van der Waals surface area contributed by atoms with E-state index in [4.69, 9.17) is 9.47 Å². The fourth-order valence-electron chi connectivity index (χ4n) is 1.54. The van der Waals surface area contributed by atoms with Gasteiger partial charge in [0.25, 0.3) is 5.69 Å². The Morgan fingerprint density at radius 1 is 1.29 bits per heavy atom. The first kappa shape index (κ1) is 13.2. The maximum atomic E-state index is 10.9. The van der Waals surface area contributed by atoms with Crippen LogP contribution in [-0.2, 0) is 6.42 Å². The van der Waals surface area contributed by atoms with Crippen molar-refractivity contribution in [1.82, 2.24) is 5.32 Å². The predicted octanol–water partition coefficient (Wildman–Crippen LogP) is 1.37.